The summed E-state index contributed by atoms with van der Waals surface area (Å²) in [4.78, 5) is 35.0. The van der Waals surface area contributed by atoms with Gasteiger partial charge in [0.25, 0.3) is 11.1 Å². The van der Waals surface area contributed by atoms with Gasteiger partial charge in [-0.2, -0.15) is 0 Å². The summed E-state index contributed by atoms with van der Waals surface area (Å²) in [5.74, 6) is 0.423. The van der Waals surface area contributed by atoms with Crippen LogP contribution in [0, 0.1) is 0 Å². The maximum atomic E-state index is 13.0. The zero-order valence-corrected chi connectivity index (χ0v) is 17.9. The maximum Gasteiger partial charge on any atom is 0.262 e. The number of aromatic nitrogens is 4. The number of halogens is 1. The minimum Gasteiger partial charge on any atom is -0.385 e. The van der Waals surface area contributed by atoms with Gasteiger partial charge >= 0.3 is 0 Å². The highest BCUT2D eigenvalue weighted by molar-refractivity contribution is 7.98. The Kier molecular flexibility index (Phi) is 6.00. The van der Waals surface area contributed by atoms with E-state index in [4.69, 9.17) is 16.3 Å². The number of methoxy groups -OCH3 is 1. The third-order valence-electron chi connectivity index (χ3n) is 4.32. The summed E-state index contributed by atoms with van der Waals surface area (Å²) >= 11 is 8.86. The summed E-state index contributed by atoms with van der Waals surface area (Å²) in [5, 5.41) is 3.43. The van der Waals surface area contributed by atoms with Crippen molar-refractivity contribution in [3.8, 4) is 0 Å². The molecule has 0 saturated heterocycles. The summed E-state index contributed by atoms with van der Waals surface area (Å²) in [6, 6.07) is 6.58. The van der Waals surface area contributed by atoms with E-state index in [0.29, 0.717) is 57.1 Å². The van der Waals surface area contributed by atoms with Crippen molar-refractivity contribution in [1.29, 1.82) is 0 Å². The molecule has 0 amide bonds. The van der Waals surface area contributed by atoms with E-state index in [2.05, 4.69) is 9.97 Å². The van der Waals surface area contributed by atoms with Crippen LogP contribution in [0.5, 0.6) is 0 Å². The highest BCUT2D eigenvalue weighted by Gasteiger charge is 2.13. The number of hydrogen-bond acceptors (Lipinski definition) is 7. The van der Waals surface area contributed by atoms with E-state index in [-0.39, 0.29) is 11.1 Å². The second-order valence-corrected chi connectivity index (χ2v) is 8.54. The number of hydrogen-bond donors (Lipinski definition) is 0. The van der Waals surface area contributed by atoms with Gasteiger partial charge in [-0.25, -0.2) is 9.97 Å². The number of thioether (sulfide) groups is 1. The van der Waals surface area contributed by atoms with Gasteiger partial charge in [-0.1, -0.05) is 23.4 Å². The van der Waals surface area contributed by atoms with Crippen molar-refractivity contribution in [3.63, 3.8) is 0 Å². The lowest BCUT2D eigenvalue weighted by Crippen LogP contribution is -2.24. The molecule has 3 aromatic heterocycles. The van der Waals surface area contributed by atoms with Crippen molar-refractivity contribution in [2.45, 2.75) is 23.9 Å². The molecule has 0 saturated carbocycles. The molecule has 150 valence electrons. The first-order valence-electron chi connectivity index (χ1n) is 8.84. The largest absolute Gasteiger partial charge is 0.385 e. The lowest BCUT2D eigenvalue weighted by molar-refractivity contribution is 0.189. The van der Waals surface area contributed by atoms with Crippen LogP contribution in [0.3, 0.4) is 0 Å². The lowest BCUT2D eigenvalue weighted by atomic mass is 10.2. The Morgan fingerprint density at radius 3 is 2.93 bits per heavy atom. The van der Waals surface area contributed by atoms with E-state index in [1.807, 2.05) is 5.38 Å². The van der Waals surface area contributed by atoms with Gasteiger partial charge < -0.3 is 4.74 Å². The first kappa shape index (κ1) is 20.1. The Bertz CT molecular complexity index is 1300. The van der Waals surface area contributed by atoms with Crippen LogP contribution in [0.4, 0.5) is 0 Å². The number of benzene rings is 1. The minimum absolute atomic E-state index is 0.119. The van der Waals surface area contributed by atoms with Crippen molar-refractivity contribution >= 4 is 50.6 Å². The van der Waals surface area contributed by atoms with Crippen LogP contribution in [-0.2, 0) is 17.0 Å². The molecule has 0 aliphatic carbocycles. The third-order valence-corrected chi connectivity index (χ3v) is 6.32. The van der Waals surface area contributed by atoms with Crippen LogP contribution in [0.15, 0.2) is 50.6 Å². The quantitative estimate of drug-likeness (QED) is 0.245. The third kappa shape index (κ3) is 4.23. The van der Waals surface area contributed by atoms with Crippen LogP contribution in [0.2, 0.25) is 5.02 Å². The van der Waals surface area contributed by atoms with E-state index in [1.54, 1.807) is 36.1 Å². The molecule has 0 spiro atoms. The Morgan fingerprint density at radius 2 is 2.10 bits per heavy atom. The van der Waals surface area contributed by atoms with E-state index >= 15 is 0 Å². The molecule has 0 bridgehead atoms. The zero-order chi connectivity index (χ0) is 20.4. The molecule has 0 atom stereocenters. The highest BCUT2D eigenvalue weighted by atomic mass is 35.5. The van der Waals surface area contributed by atoms with Crippen LogP contribution < -0.4 is 11.1 Å². The number of fused-ring (bicyclic) bond motifs is 2. The van der Waals surface area contributed by atoms with E-state index in [9.17, 15) is 9.59 Å². The SMILES string of the molecule is COCCCn1c(SCc2cc(=O)n3ccsc3n2)nc2cc(Cl)ccc2c1=O. The van der Waals surface area contributed by atoms with Gasteiger partial charge in [0.1, 0.15) is 0 Å². The van der Waals surface area contributed by atoms with Crippen LogP contribution in [0.25, 0.3) is 15.9 Å². The normalized spacial score (nSPS) is 11.5. The monoisotopic (exact) mass is 448 g/mol. The van der Waals surface area contributed by atoms with Gasteiger partial charge in [0.05, 0.1) is 16.6 Å². The molecule has 3 heterocycles. The molecular formula is C19H17ClN4O3S2. The maximum absolute atomic E-state index is 13.0. The Morgan fingerprint density at radius 1 is 1.24 bits per heavy atom. The Hall–Kier alpha value is -2.20. The summed E-state index contributed by atoms with van der Waals surface area (Å²) < 4.78 is 8.28. The fourth-order valence-corrected chi connectivity index (χ4v) is 4.77. The average molecular weight is 449 g/mol. The fraction of sp³-hybridized carbons (Fsp3) is 0.263. The minimum atomic E-state index is -0.123. The van der Waals surface area contributed by atoms with Crippen molar-refractivity contribution in [1.82, 2.24) is 18.9 Å². The molecule has 0 aliphatic rings. The standard InChI is InChI=1S/C19H17ClN4O3S2/c1-27-7-2-5-24-17(26)14-4-3-12(20)9-15(14)22-19(24)29-11-13-10-16(25)23-6-8-28-18(23)21-13/h3-4,6,8-10H,2,5,7,11H2,1H3. The van der Waals surface area contributed by atoms with E-state index in [1.165, 1.54) is 33.6 Å². The zero-order valence-electron chi connectivity index (χ0n) is 15.5. The lowest BCUT2D eigenvalue weighted by Gasteiger charge is -2.13. The Labute approximate surface area is 178 Å². The van der Waals surface area contributed by atoms with Crippen molar-refractivity contribution < 1.29 is 4.74 Å². The van der Waals surface area contributed by atoms with Crippen molar-refractivity contribution in [2.75, 3.05) is 13.7 Å². The van der Waals surface area contributed by atoms with Gasteiger partial charge in [-0.05, 0) is 24.6 Å². The Balaban J connectivity index is 1.70. The first-order valence-corrected chi connectivity index (χ1v) is 11.1. The highest BCUT2D eigenvalue weighted by Crippen LogP contribution is 2.23. The predicted octanol–water partition coefficient (Wildman–Crippen LogP) is 3.45. The predicted molar refractivity (Wildman–Crippen MR) is 116 cm³/mol. The molecular weight excluding hydrogens is 432 g/mol. The number of ether oxygens (including phenoxy) is 1. The molecule has 0 radical (unpaired) electrons. The average Bonchev–Trinajstić information content (AvgIpc) is 3.17. The fourth-order valence-electron chi connectivity index (χ4n) is 2.95. The molecule has 0 fully saturated rings. The first-order chi connectivity index (χ1) is 14.1. The van der Waals surface area contributed by atoms with Gasteiger partial charge in [-0.3, -0.25) is 18.6 Å². The molecule has 7 nitrogen and oxygen atoms in total. The van der Waals surface area contributed by atoms with E-state index in [0.717, 1.165) is 0 Å². The van der Waals surface area contributed by atoms with E-state index < -0.39 is 0 Å². The topological polar surface area (TPSA) is 78.5 Å². The van der Waals surface area contributed by atoms with Crippen molar-refractivity contribution in [3.05, 3.63) is 67.3 Å². The second kappa shape index (κ2) is 8.66. The number of nitrogens with zero attached hydrogens (tertiary/aromatic N) is 4. The molecule has 0 aliphatic heterocycles. The van der Waals surface area contributed by atoms with Crippen LogP contribution in [0.1, 0.15) is 12.1 Å². The molecule has 4 rings (SSSR count). The summed E-state index contributed by atoms with van der Waals surface area (Å²) in [6.07, 6.45) is 2.39. The number of thiazole rings is 1. The summed E-state index contributed by atoms with van der Waals surface area (Å²) in [6.45, 7) is 1.03. The van der Waals surface area contributed by atoms with Gasteiger partial charge in [-0.15, -0.1) is 11.3 Å². The molecule has 1 aromatic carbocycles. The molecule has 29 heavy (non-hydrogen) atoms. The molecule has 0 N–H and O–H groups in total. The smallest absolute Gasteiger partial charge is 0.262 e. The van der Waals surface area contributed by atoms with Gasteiger partial charge in [0.15, 0.2) is 10.1 Å². The van der Waals surface area contributed by atoms with Crippen LogP contribution >= 0.6 is 34.7 Å². The molecule has 0 unspecified atom stereocenters. The van der Waals surface area contributed by atoms with Crippen molar-refractivity contribution in [2.24, 2.45) is 0 Å². The molecule has 10 heteroatoms. The van der Waals surface area contributed by atoms with Gasteiger partial charge in [0.2, 0.25) is 0 Å². The molecule has 4 aromatic rings. The van der Waals surface area contributed by atoms with Gasteiger partial charge in [0, 0.05) is 48.7 Å². The van der Waals surface area contributed by atoms with Crippen LogP contribution in [-0.4, -0.2) is 32.7 Å². The summed E-state index contributed by atoms with van der Waals surface area (Å²) in [7, 11) is 1.63. The summed E-state index contributed by atoms with van der Waals surface area (Å²) in [5.41, 5.74) is 0.954. The number of rotatable bonds is 7. The second-order valence-electron chi connectivity index (χ2n) is 6.29.